The van der Waals surface area contributed by atoms with Gasteiger partial charge < -0.3 is 13.8 Å². The molecule has 1 aliphatic rings. The molecule has 1 aromatic heterocycles. The van der Waals surface area contributed by atoms with Gasteiger partial charge in [0.15, 0.2) is 0 Å². The number of thiol groups is 1. The summed E-state index contributed by atoms with van der Waals surface area (Å²) in [7, 11) is -3.17. The lowest BCUT2D eigenvalue weighted by atomic mass is 10.1. The molecule has 5 atom stereocenters. The molecule has 0 aromatic carbocycles. The second-order valence-electron chi connectivity index (χ2n) is 5.38. The third kappa shape index (κ3) is 4.17. The lowest BCUT2D eigenvalue weighted by Gasteiger charge is -2.24. The first-order chi connectivity index (χ1) is 11.2. The molecule has 2 unspecified atom stereocenters. The monoisotopic (exact) mass is 382 g/mol. The van der Waals surface area contributed by atoms with Crippen LogP contribution in [0.1, 0.15) is 25.1 Å². The molecule has 136 valence electrons. The number of aryl methyl sites for hydroxylation is 1. The highest BCUT2D eigenvalue weighted by Crippen LogP contribution is 2.45. The summed E-state index contributed by atoms with van der Waals surface area (Å²) < 4.78 is 32.9. The third-order valence-electron chi connectivity index (χ3n) is 3.70. The van der Waals surface area contributed by atoms with Gasteiger partial charge in [0, 0.05) is 25.3 Å². The summed E-state index contributed by atoms with van der Waals surface area (Å²) in [5.74, 6) is 0. The van der Waals surface area contributed by atoms with E-state index in [0.717, 1.165) is 7.11 Å². The van der Waals surface area contributed by atoms with E-state index in [-0.39, 0.29) is 6.42 Å². The Labute approximate surface area is 142 Å². The largest absolute Gasteiger partial charge is 0.472 e. The van der Waals surface area contributed by atoms with Gasteiger partial charge in [0.1, 0.15) is 18.4 Å². The molecule has 0 bridgehead atoms. The van der Waals surface area contributed by atoms with E-state index in [1.54, 1.807) is 6.92 Å². The molecule has 1 fully saturated rings. The number of nitrogens with one attached hydrogen (secondary N) is 1. The van der Waals surface area contributed by atoms with Gasteiger partial charge in [0.05, 0.1) is 6.10 Å². The number of ether oxygens (including phenoxy) is 1. The molecule has 24 heavy (non-hydrogen) atoms. The molecule has 0 saturated carbocycles. The molecular weight excluding hydrogens is 363 g/mol. The molecule has 0 radical (unpaired) electrons. The van der Waals surface area contributed by atoms with Crippen LogP contribution in [0.4, 0.5) is 0 Å². The Morgan fingerprint density at radius 1 is 1.54 bits per heavy atom. The maximum Gasteiger partial charge on any atom is 0.472 e. The van der Waals surface area contributed by atoms with Crippen LogP contribution in [0, 0.1) is 6.92 Å². The van der Waals surface area contributed by atoms with Gasteiger partial charge in [-0.05, 0) is 26.8 Å². The van der Waals surface area contributed by atoms with Crippen LogP contribution < -0.4 is 11.2 Å². The predicted octanol–water partition coefficient (Wildman–Crippen LogP) is 0.514. The maximum atomic E-state index is 12.0. The maximum absolute atomic E-state index is 12.0. The molecule has 2 N–H and O–H groups in total. The summed E-state index contributed by atoms with van der Waals surface area (Å²) in [5, 5.41) is 0. The fourth-order valence-electron chi connectivity index (χ4n) is 2.47. The first-order valence-electron chi connectivity index (χ1n) is 7.03. The Morgan fingerprint density at radius 3 is 2.79 bits per heavy atom. The summed E-state index contributed by atoms with van der Waals surface area (Å²) in [6.07, 6.45) is -1.40. The molecule has 1 aromatic rings. The summed E-state index contributed by atoms with van der Waals surface area (Å²) in [4.78, 5) is 35.0. The van der Waals surface area contributed by atoms with Gasteiger partial charge in [-0.25, -0.2) is 9.36 Å². The first kappa shape index (κ1) is 19.4. The number of nitrogens with zero attached hydrogens (tertiary/aromatic N) is 1. The molecule has 2 rings (SSSR count). The van der Waals surface area contributed by atoms with Crippen LogP contribution in [0.25, 0.3) is 0 Å². The van der Waals surface area contributed by atoms with Crippen LogP contribution in [-0.2, 0) is 22.5 Å². The minimum Gasteiger partial charge on any atom is -0.349 e. The highest BCUT2D eigenvalue weighted by atomic mass is 32.1. The Bertz CT molecular complexity index is 749. The number of phosphoric ester groups is 1. The standard InChI is InChI=1S/C12H19N2O8PS/c1-6-5-14(12(16)13-11(6)15)9-4-8(22-24)10(20-9)7(2)21-23(17,18)19-3/h5,7-10,24H,4H2,1-3H3,(H,17,18)(H,13,15,16)/t7-,8?,9-,10-/m1/s1. The highest BCUT2D eigenvalue weighted by Gasteiger charge is 2.43. The number of hydrogen-bond donors (Lipinski definition) is 3. The molecule has 12 heteroatoms. The molecule has 10 nitrogen and oxygen atoms in total. The van der Waals surface area contributed by atoms with Gasteiger partial charge in [-0.3, -0.25) is 23.4 Å². The van der Waals surface area contributed by atoms with Crippen molar-refractivity contribution in [1.29, 1.82) is 0 Å². The van der Waals surface area contributed by atoms with Gasteiger partial charge in [0.2, 0.25) is 0 Å². The van der Waals surface area contributed by atoms with E-state index in [2.05, 4.69) is 22.4 Å². The molecule has 2 heterocycles. The summed E-state index contributed by atoms with van der Waals surface area (Å²) >= 11 is 3.78. The lowest BCUT2D eigenvalue weighted by molar-refractivity contribution is -0.0699. The van der Waals surface area contributed by atoms with Gasteiger partial charge in [-0.15, -0.1) is 0 Å². The van der Waals surface area contributed by atoms with Gasteiger partial charge >= 0.3 is 13.5 Å². The van der Waals surface area contributed by atoms with E-state index in [4.69, 9.17) is 13.4 Å². The minimum atomic E-state index is -4.21. The van der Waals surface area contributed by atoms with E-state index < -0.39 is 43.6 Å². The summed E-state index contributed by atoms with van der Waals surface area (Å²) in [6, 6.07) is 0. The normalized spacial score (nSPS) is 27.8. The van der Waals surface area contributed by atoms with Crippen molar-refractivity contribution in [2.24, 2.45) is 0 Å². The molecule has 0 aliphatic carbocycles. The van der Waals surface area contributed by atoms with Crippen LogP contribution in [0.15, 0.2) is 15.8 Å². The molecule has 1 saturated heterocycles. The van der Waals surface area contributed by atoms with E-state index in [0.29, 0.717) is 5.56 Å². The van der Waals surface area contributed by atoms with Crippen molar-refractivity contribution in [2.75, 3.05) is 7.11 Å². The average Bonchev–Trinajstić information content (AvgIpc) is 2.94. The van der Waals surface area contributed by atoms with Crippen molar-refractivity contribution in [2.45, 2.75) is 44.8 Å². The van der Waals surface area contributed by atoms with Crippen LogP contribution in [0.5, 0.6) is 0 Å². The van der Waals surface area contributed by atoms with Crippen LogP contribution in [0.3, 0.4) is 0 Å². The zero-order valence-electron chi connectivity index (χ0n) is 13.2. The first-order valence-corrected chi connectivity index (χ1v) is 8.89. The van der Waals surface area contributed by atoms with Gasteiger partial charge in [0.25, 0.3) is 5.56 Å². The Balaban J connectivity index is 2.23. The number of H-pyrrole nitrogens is 1. The van der Waals surface area contributed by atoms with Crippen molar-refractivity contribution >= 4 is 20.7 Å². The number of hydrogen-bond acceptors (Lipinski definition) is 8. The second kappa shape index (κ2) is 7.52. The summed E-state index contributed by atoms with van der Waals surface area (Å²) in [6.45, 7) is 3.07. The van der Waals surface area contributed by atoms with Crippen molar-refractivity contribution in [3.05, 3.63) is 32.6 Å². The zero-order chi connectivity index (χ0) is 18.1. The van der Waals surface area contributed by atoms with E-state index in [1.807, 2.05) is 0 Å². The number of aromatic nitrogens is 2. The van der Waals surface area contributed by atoms with E-state index >= 15 is 0 Å². The second-order valence-corrected chi connectivity index (χ2v) is 7.10. The third-order valence-corrected chi connectivity index (χ3v) is 5.03. The fraction of sp³-hybridized carbons (Fsp3) is 0.667. The molecule has 1 aliphatic heterocycles. The topological polar surface area (TPSA) is 129 Å². The van der Waals surface area contributed by atoms with Crippen molar-refractivity contribution in [1.82, 2.24) is 9.55 Å². The van der Waals surface area contributed by atoms with Crippen LogP contribution >= 0.6 is 20.7 Å². The average molecular weight is 382 g/mol. The SMILES string of the molecule is COP(=O)(O)O[C@H](C)[C@H]1O[C@@H](n2cc(C)c(=O)[nH]c2=O)CC1OS. The number of rotatable bonds is 6. The van der Waals surface area contributed by atoms with Crippen LogP contribution in [0.2, 0.25) is 0 Å². The Hall–Kier alpha value is -0.940. The van der Waals surface area contributed by atoms with Crippen molar-refractivity contribution in [3.8, 4) is 0 Å². The van der Waals surface area contributed by atoms with Gasteiger partial charge in [-0.1, -0.05) is 0 Å². The summed E-state index contributed by atoms with van der Waals surface area (Å²) in [5.41, 5.74) is -0.771. The number of phosphoric acid groups is 1. The molecular formula is C12H19N2O8PS. The van der Waals surface area contributed by atoms with Crippen LogP contribution in [-0.4, -0.2) is 39.9 Å². The molecule has 0 amide bonds. The van der Waals surface area contributed by atoms with E-state index in [1.165, 1.54) is 17.7 Å². The van der Waals surface area contributed by atoms with Gasteiger partial charge in [-0.2, -0.15) is 0 Å². The Kier molecular flexibility index (Phi) is 6.08. The van der Waals surface area contributed by atoms with E-state index in [9.17, 15) is 19.0 Å². The predicted molar refractivity (Wildman–Crippen MR) is 85.8 cm³/mol. The smallest absolute Gasteiger partial charge is 0.349 e. The van der Waals surface area contributed by atoms with Crippen molar-refractivity contribution < 1.29 is 27.4 Å². The zero-order valence-corrected chi connectivity index (χ0v) is 15.0. The lowest BCUT2D eigenvalue weighted by Crippen LogP contribution is -2.35. The fourth-order valence-corrected chi connectivity index (χ4v) is 3.30. The highest BCUT2D eigenvalue weighted by molar-refractivity contribution is 7.75. The van der Waals surface area contributed by atoms with Crippen molar-refractivity contribution in [3.63, 3.8) is 0 Å². The number of aromatic amines is 1. The quantitative estimate of drug-likeness (QED) is 0.369. The Morgan fingerprint density at radius 2 is 2.21 bits per heavy atom. The molecule has 0 spiro atoms. The minimum absolute atomic E-state index is 0.232.